The highest BCUT2D eigenvalue weighted by molar-refractivity contribution is 5.94. The molecule has 3 rings (SSSR count). The van der Waals surface area contributed by atoms with Crippen LogP contribution < -0.4 is 5.32 Å². The molecule has 130 valence electrons. The second-order valence-corrected chi connectivity index (χ2v) is 6.92. The van der Waals surface area contributed by atoms with Crippen LogP contribution in [-0.4, -0.2) is 21.2 Å². The largest absolute Gasteiger partial charge is 0.460 e. The first-order valence-electron chi connectivity index (χ1n) is 7.98. The van der Waals surface area contributed by atoms with Crippen molar-refractivity contribution in [3.8, 4) is 17.1 Å². The Morgan fingerprint density at radius 1 is 1.16 bits per heavy atom. The van der Waals surface area contributed by atoms with Crippen molar-refractivity contribution in [1.29, 1.82) is 0 Å². The lowest BCUT2D eigenvalue weighted by molar-refractivity contribution is 0.0911. The second-order valence-electron chi connectivity index (χ2n) is 6.92. The van der Waals surface area contributed by atoms with Crippen molar-refractivity contribution in [2.24, 2.45) is 0 Å². The molecule has 0 unspecified atom stereocenters. The van der Waals surface area contributed by atoms with Gasteiger partial charge in [0.25, 0.3) is 5.91 Å². The maximum absolute atomic E-state index is 13.2. The first-order valence-corrected chi connectivity index (χ1v) is 7.98. The minimum atomic E-state index is -0.392. The van der Waals surface area contributed by atoms with Crippen molar-refractivity contribution in [2.75, 3.05) is 0 Å². The molecule has 1 amide bonds. The lowest BCUT2D eigenvalue weighted by Gasteiger charge is -2.20. The lowest BCUT2D eigenvalue weighted by atomic mass is 10.1. The standard InChI is InChI=1S/C19H20FN3O2/c1-12-5-10-17(25-12)15-11-16(18(24)21-19(2,3)4)23(22-15)14-8-6-13(20)7-9-14/h5-11H,1-4H3,(H,21,24). The highest BCUT2D eigenvalue weighted by atomic mass is 19.1. The van der Waals surface area contributed by atoms with Crippen molar-refractivity contribution >= 4 is 5.91 Å². The minimum absolute atomic E-state index is 0.265. The summed E-state index contributed by atoms with van der Waals surface area (Å²) in [6.07, 6.45) is 0. The van der Waals surface area contributed by atoms with Crippen molar-refractivity contribution < 1.29 is 13.6 Å². The van der Waals surface area contributed by atoms with E-state index in [1.165, 1.54) is 16.8 Å². The fourth-order valence-corrected chi connectivity index (χ4v) is 2.42. The zero-order valence-electron chi connectivity index (χ0n) is 14.6. The van der Waals surface area contributed by atoms with Gasteiger partial charge < -0.3 is 9.73 Å². The van der Waals surface area contributed by atoms with Crippen LogP contribution in [-0.2, 0) is 0 Å². The van der Waals surface area contributed by atoms with E-state index in [4.69, 9.17) is 4.42 Å². The number of carbonyl (C=O) groups is 1. The van der Waals surface area contributed by atoms with Gasteiger partial charge in [0.2, 0.25) is 0 Å². The summed E-state index contributed by atoms with van der Waals surface area (Å²) in [4.78, 5) is 12.7. The molecule has 0 bridgehead atoms. The molecule has 1 N–H and O–H groups in total. The van der Waals surface area contributed by atoms with Crippen LogP contribution in [0.15, 0.2) is 46.9 Å². The normalized spacial score (nSPS) is 11.6. The van der Waals surface area contributed by atoms with Crippen molar-refractivity contribution in [1.82, 2.24) is 15.1 Å². The molecule has 0 atom stereocenters. The number of furan rings is 1. The first kappa shape index (κ1) is 17.0. The molecular weight excluding hydrogens is 321 g/mol. The third-order valence-corrected chi connectivity index (χ3v) is 3.49. The molecule has 0 radical (unpaired) electrons. The summed E-state index contributed by atoms with van der Waals surface area (Å²) >= 11 is 0. The van der Waals surface area contributed by atoms with E-state index in [0.29, 0.717) is 22.8 Å². The maximum atomic E-state index is 13.2. The van der Waals surface area contributed by atoms with Crippen molar-refractivity contribution in [2.45, 2.75) is 33.2 Å². The van der Waals surface area contributed by atoms with Crippen molar-refractivity contribution in [3.05, 3.63) is 59.7 Å². The number of hydrogen-bond donors (Lipinski definition) is 1. The fraction of sp³-hybridized carbons (Fsp3) is 0.263. The van der Waals surface area contributed by atoms with E-state index >= 15 is 0 Å². The predicted octanol–water partition coefficient (Wildman–Crippen LogP) is 4.11. The number of carbonyl (C=O) groups excluding carboxylic acids is 1. The van der Waals surface area contributed by atoms with Crippen LogP contribution in [0.1, 0.15) is 37.0 Å². The van der Waals surface area contributed by atoms with Gasteiger partial charge in [-0.25, -0.2) is 9.07 Å². The molecule has 2 heterocycles. The summed E-state index contributed by atoms with van der Waals surface area (Å²) < 4.78 is 20.3. The van der Waals surface area contributed by atoms with E-state index in [-0.39, 0.29) is 11.7 Å². The summed E-state index contributed by atoms with van der Waals surface area (Å²) in [6, 6.07) is 11.1. The van der Waals surface area contributed by atoms with E-state index in [9.17, 15) is 9.18 Å². The van der Waals surface area contributed by atoms with Crippen LogP contribution in [0.4, 0.5) is 4.39 Å². The van der Waals surface area contributed by atoms with Gasteiger partial charge in [0, 0.05) is 11.6 Å². The number of benzene rings is 1. The minimum Gasteiger partial charge on any atom is -0.460 e. The van der Waals surface area contributed by atoms with E-state index in [0.717, 1.165) is 5.76 Å². The number of aryl methyl sites for hydroxylation is 1. The van der Waals surface area contributed by atoms with Crippen LogP contribution in [0, 0.1) is 12.7 Å². The van der Waals surface area contributed by atoms with Gasteiger partial charge in [-0.1, -0.05) is 0 Å². The van der Waals surface area contributed by atoms with Gasteiger partial charge in [-0.05, 0) is 64.1 Å². The quantitative estimate of drug-likeness (QED) is 0.780. The van der Waals surface area contributed by atoms with E-state index in [2.05, 4.69) is 10.4 Å². The third kappa shape index (κ3) is 3.79. The molecule has 3 aromatic rings. The molecule has 0 saturated carbocycles. The smallest absolute Gasteiger partial charge is 0.270 e. The molecular formula is C19H20FN3O2. The molecule has 25 heavy (non-hydrogen) atoms. The SMILES string of the molecule is Cc1ccc(-c2cc(C(=O)NC(C)(C)C)n(-c3ccc(F)cc3)n2)o1. The Bertz CT molecular complexity index is 902. The van der Waals surface area contributed by atoms with Gasteiger partial charge in [0.1, 0.15) is 23.0 Å². The van der Waals surface area contributed by atoms with Gasteiger partial charge in [0.15, 0.2) is 5.76 Å². The van der Waals surface area contributed by atoms with Gasteiger partial charge in [-0.3, -0.25) is 4.79 Å². The van der Waals surface area contributed by atoms with Crippen LogP contribution >= 0.6 is 0 Å². The fourth-order valence-electron chi connectivity index (χ4n) is 2.42. The predicted molar refractivity (Wildman–Crippen MR) is 93.2 cm³/mol. The van der Waals surface area contributed by atoms with E-state index in [1.54, 1.807) is 24.3 Å². The Hall–Kier alpha value is -2.89. The average molecular weight is 341 g/mol. The summed E-state index contributed by atoms with van der Waals surface area (Å²) in [6.45, 7) is 7.55. The lowest BCUT2D eigenvalue weighted by Crippen LogP contribution is -2.41. The molecule has 0 aliphatic carbocycles. The molecule has 6 heteroatoms. The van der Waals surface area contributed by atoms with Crippen LogP contribution in [0.3, 0.4) is 0 Å². The second kappa shape index (κ2) is 6.20. The van der Waals surface area contributed by atoms with Crippen LogP contribution in [0.5, 0.6) is 0 Å². The molecule has 0 saturated heterocycles. The molecule has 2 aromatic heterocycles. The van der Waals surface area contributed by atoms with Crippen molar-refractivity contribution in [3.63, 3.8) is 0 Å². The first-order chi connectivity index (χ1) is 11.7. The summed E-state index contributed by atoms with van der Waals surface area (Å²) in [5, 5.41) is 7.41. The summed E-state index contributed by atoms with van der Waals surface area (Å²) in [5.74, 6) is 0.715. The Labute approximate surface area is 145 Å². The molecule has 0 spiro atoms. The Balaban J connectivity index is 2.09. The van der Waals surface area contributed by atoms with Gasteiger partial charge in [0.05, 0.1) is 5.69 Å². The maximum Gasteiger partial charge on any atom is 0.270 e. The number of aromatic nitrogens is 2. The summed E-state index contributed by atoms with van der Waals surface area (Å²) in [7, 11) is 0. The molecule has 1 aromatic carbocycles. The molecule has 0 fully saturated rings. The van der Waals surface area contributed by atoms with Crippen LogP contribution in [0.2, 0.25) is 0 Å². The zero-order chi connectivity index (χ0) is 18.2. The third-order valence-electron chi connectivity index (χ3n) is 3.49. The Kier molecular flexibility index (Phi) is 4.20. The monoisotopic (exact) mass is 341 g/mol. The number of hydrogen-bond acceptors (Lipinski definition) is 3. The van der Waals surface area contributed by atoms with Gasteiger partial charge in [-0.15, -0.1) is 0 Å². The summed E-state index contributed by atoms with van der Waals surface area (Å²) in [5.41, 5.74) is 1.09. The zero-order valence-corrected chi connectivity index (χ0v) is 14.6. The topological polar surface area (TPSA) is 60.1 Å². The molecule has 5 nitrogen and oxygen atoms in total. The number of nitrogens with zero attached hydrogens (tertiary/aromatic N) is 2. The van der Waals surface area contributed by atoms with Gasteiger partial charge in [-0.2, -0.15) is 5.10 Å². The average Bonchev–Trinajstić information content (AvgIpc) is 3.12. The van der Waals surface area contributed by atoms with Crippen LogP contribution in [0.25, 0.3) is 17.1 Å². The molecule has 0 aliphatic rings. The number of rotatable bonds is 3. The molecule has 0 aliphatic heterocycles. The highest BCUT2D eigenvalue weighted by Gasteiger charge is 2.22. The van der Waals surface area contributed by atoms with E-state index in [1.807, 2.05) is 33.8 Å². The van der Waals surface area contributed by atoms with Gasteiger partial charge >= 0.3 is 0 Å². The Morgan fingerprint density at radius 3 is 2.40 bits per heavy atom. The number of nitrogens with one attached hydrogen (secondary N) is 1. The highest BCUT2D eigenvalue weighted by Crippen LogP contribution is 2.24. The number of amides is 1. The number of halogens is 1. The Morgan fingerprint density at radius 2 is 1.84 bits per heavy atom. The van der Waals surface area contributed by atoms with E-state index < -0.39 is 5.54 Å².